The summed E-state index contributed by atoms with van der Waals surface area (Å²) in [7, 11) is 1.69. The Bertz CT molecular complexity index is 1630. The quantitative estimate of drug-likeness (QED) is 0.348. The molecule has 0 saturated carbocycles. The van der Waals surface area contributed by atoms with Gasteiger partial charge >= 0.3 is 0 Å². The van der Waals surface area contributed by atoms with Gasteiger partial charge in [-0.15, -0.1) is 0 Å². The number of hydrogen-bond acceptors (Lipinski definition) is 6. The number of pyridine rings is 1. The van der Waals surface area contributed by atoms with Gasteiger partial charge in [0.05, 0.1) is 18.8 Å². The fourth-order valence-electron chi connectivity index (χ4n) is 6.12. The van der Waals surface area contributed by atoms with Gasteiger partial charge in [-0.3, -0.25) is 14.3 Å². The number of carbonyl (C=O) groups excluding carboxylic acids is 1. The number of aromatic nitrogens is 5. The maximum atomic E-state index is 13.3. The number of hydrogen-bond donors (Lipinski definition) is 1. The molecular formula is C30H29N7O2. The van der Waals surface area contributed by atoms with E-state index in [0.29, 0.717) is 23.5 Å². The number of nitrogens with one attached hydrogen (secondary N) is 1. The SMILES string of the molecule is COc1ccc(CN2[C@H]3CC[C@@H]2[C@H](NC(=O)c2ccc4c(cnn4-c4cccc(-n5ccnc5)n4)c2)C3)cc1. The Kier molecular flexibility index (Phi) is 5.85. The maximum absolute atomic E-state index is 13.3. The van der Waals surface area contributed by atoms with Gasteiger partial charge in [-0.05, 0) is 67.3 Å². The van der Waals surface area contributed by atoms with Crippen molar-refractivity contribution in [3.63, 3.8) is 0 Å². The molecule has 5 heterocycles. The number of ether oxygens (including phenoxy) is 1. The molecule has 9 nitrogen and oxygen atoms in total. The average Bonchev–Trinajstić information content (AvgIpc) is 3.78. The van der Waals surface area contributed by atoms with Crippen molar-refractivity contribution in [2.24, 2.45) is 0 Å². The molecule has 3 atom stereocenters. The summed E-state index contributed by atoms with van der Waals surface area (Å²) in [5.41, 5.74) is 2.81. The number of imidazole rings is 1. The van der Waals surface area contributed by atoms with E-state index in [1.54, 1.807) is 30.5 Å². The Morgan fingerprint density at radius 1 is 1.08 bits per heavy atom. The Labute approximate surface area is 226 Å². The molecule has 9 heteroatoms. The number of nitrogens with zero attached hydrogens (tertiary/aromatic N) is 6. The molecule has 1 amide bonds. The van der Waals surface area contributed by atoms with E-state index in [9.17, 15) is 4.79 Å². The second-order valence-corrected chi connectivity index (χ2v) is 10.3. The van der Waals surface area contributed by atoms with Crippen LogP contribution in [0.2, 0.25) is 0 Å². The first-order valence-electron chi connectivity index (χ1n) is 13.3. The van der Waals surface area contributed by atoms with Crippen molar-refractivity contribution in [3.05, 3.63) is 96.7 Å². The van der Waals surface area contributed by atoms with Crippen molar-refractivity contribution >= 4 is 16.8 Å². The lowest BCUT2D eigenvalue weighted by atomic mass is 9.95. The van der Waals surface area contributed by atoms with Crippen LogP contribution in [0.5, 0.6) is 5.75 Å². The first-order valence-corrected chi connectivity index (χ1v) is 13.3. The molecule has 2 aliphatic heterocycles. The van der Waals surface area contributed by atoms with Crippen molar-refractivity contribution in [1.29, 1.82) is 0 Å². The third-order valence-electron chi connectivity index (χ3n) is 8.06. The van der Waals surface area contributed by atoms with Gasteiger partial charge < -0.3 is 10.1 Å². The molecule has 0 radical (unpaired) electrons. The largest absolute Gasteiger partial charge is 0.497 e. The van der Waals surface area contributed by atoms with Crippen LogP contribution >= 0.6 is 0 Å². The zero-order valence-electron chi connectivity index (χ0n) is 21.6. The van der Waals surface area contributed by atoms with E-state index >= 15 is 0 Å². The summed E-state index contributed by atoms with van der Waals surface area (Å²) in [5, 5.41) is 8.80. The van der Waals surface area contributed by atoms with E-state index in [0.717, 1.165) is 41.9 Å². The highest BCUT2D eigenvalue weighted by Gasteiger charge is 2.46. The van der Waals surface area contributed by atoms with Crippen LogP contribution in [0.25, 0.3) is 22.5 Å². The molecule has 0 spiro atoms. The summed E-state index contributed by atoms with van der Waals surface area (Å²) >= 11 is 0. The van der Waals surface area contributed by atoms with E-state index in [1.807, 2.05) is 59.3 Å². The summed E-state index contributed by atoms with van der Waals surface area (Å²) in [5.74, 6) is 2.30. The number of amides is 1. The van der Waals surface area contributed by atoms with Crippen molar-refractivity contribution in [2.75, 3.05) is 7.11 Å². The van der Waals surface area contributed by atoms with E-state index < -0.39 is 0 Å². The lowest BCUT2D eigenvalue weighted by Crippen LogP contribution is -2.43. The molecule has 5 aromatic rings. The number of carbonyl (C=O) groups is 1. The van der Waals surface area contributed by atoms with Gasteiger partial charge in [0, 0.05) is 48.0 Å². The molecule has 0 aliphatic carbocycles. The summed E-state index contributed by atoms with van der Waals surface area (Å²) in [4.78, 5) is 24.7. The van der Waals surface area contributed by atoms with Crippen molar-refractivity contribution in [3.8, 4) is 17.4 Å². The second-order valence-electron chi connectivity index (χ2n) is 10.3. The molecule has 0 unspecified atom stereocenters. The molecule has 2 aliphatic rings. The van der Waals surface area contributed by atoms with Crippen molar-refractivity contribution in [1.82, 2.24) is 34.5 Å². The Balaban J connectivity index is 1.06. The predicted molar refractivity (Wildman–Crippen MR) is 147 cm³/mol. The van der Waals surface area contributed by atoms with Gasteiger partial charge in [-0.25, -0.2) is 14.6 Å². The Morgan fingerprint density at radius 2 is 1.95 bits per heavy atom. The molecule has 39 heavy (non-hydrogen) atoms. The highest BCUT2D eigenvalue weighted by atomic mass is 16.5. The van der Waals surface area contributed by atoms with Gasteiger partial charge in [-0.1, -0.05) is 18.2 Å². The number of fused-ring (bicyclic) bond motifs is 3. The standard InChI is InChI=1S/C30H29N7O2/c1-39-24-9-5-20(6-10-24)18-36-23-8-12-27(36)25(16-23)33-30(38)21-7-11-26-22(15-21)17-32-37(26)29-4-2-3-28(34-29)35-14-13-31-19-35/h2-7,9-11,13-15,17,19,23,25,27H,8,12,16,18H2,1H3,(H,33,38)/t23-,25+,27+/m0/s1. The molecule has 2 bridgehead atoms. The van der Waals surface area contributed by atoms with Crippen LogP contribution in [0.3, 0.4) is 0 Å². The van der Waals surface area contributed by atoms with Crippen LogP contribution in [0, 0.1) is 0 Å². The number of methoxy groups -OCH3 is 1. The van der Waals surface area contributed by atoms with E-state index in [4.69, 9.17) is 9.72 Å². The first kappa shape index (κ1) is 23.6. The highest BCUT2D eigenvalue weighted by molar-refractivity contribution is 5.98. The minimum absolute atomic E-state index is 0.0353. The minimum Gasteiger partial charge on any atom is -0.497 e. The zero-order chi connectivity index (χ0) is 26.3. The highest BCUT2D eigenvalue weighted by Crippen LogP contribution is 2.39. The minimum atomic E-state index is -0.0353. The summed E-state index contributed by atoms with van der Waals surface area (Å²) in [6.45, 7) is 0.896. The lowest BCUT2D eigenvalue weighted by molar-refractivity contribution is 0.0925. The Morgan fingerprint density at radius 3 is 2.77 bits per heavy atom. The smallest absolute Gasteiger partial charge is 0.251 e. The van der Waals surface area contributed by atoms with Crippen LogP contribution in [-0.2, 0) is 6.54 Å². The van der Waals surface area contributed by atoms with Gasteiger partial charge in [0.1, 0.15) is 17.9 Å². The third kappa shape index (κ3) is 4.34. The van der Waals surface area contributed by atoms with Crippen LogP contribution in [0.4, 0.5) is 0 Å². The van der Waals surface area contributed by atoms with Crippen LogP contribution in [-0.4, -0.2) is 60.4 Å². The second kappa shape index (κ2) is 9.67. The van der Waals surface area contributed by atoms with Gasteiger partial charge in [-0.2, -0.15) is 5.10 Å². The van der Waals surface area contributed by atoms with E-state index in [2.05, 4.69) is 32.4 Å². The fourth-order valence-corrected chi connectivity index (χ4v) is 6.12. The van der Waals surface area contributed by atoms with Gasteiger partial charge in [0.15, 0.2) is 5.82 Å². The lowest BCUT2D eigenvalue weighted by Gasteiger charge is -2.25. The topological polar surface area (TPSA) is 90.1 Å². The third-order valence-corrected chi connectivity index (χ3v) is 8.06. The van der Waals surface area contributed by atoms with E-state index in [1.165, 1.54) is 12.0 Å². The van der Waals surface area contributed by atoms with Gasteiger partial charge in [0.2, 0.25) is 0 Å². The molecule has 2 saturated heterocycles. The maximum Gasteiger partial charge on any atom is 0.251 e. The van der Waals surface area contributed by atoms with Crippen LogP contribution < -0.4 is 10.1 Å². The van der Waals surface area contributed by atoms with E-state index in [-0.39, 0.29) is 11.9 Å². The summed E-state index contributed by atoms with van der Waals surface area (Å²) in [6, 6.07) is 20.8. The average molecular weight is 520 g/mol. The van der Waals surface area contributed by atoms with Crippen molar-refractivity contribution in [2.45, 2.75) is 43.9 Å². The van der Waals surface area contributed by atoms with Gasteiger partial charge in [0.25, 0.3) is 5.91 Å². The van der Waals surface area contributed by atoms with Crippen molar-refractivity contribution < 1.29 is 9.53 Å². The summed E-state index contributed by atoms with van der Waals surface area (Å²) in [6.07, 6.45) is 10.4. The first-order chi connectivity index (χ1) is 19.2. The molecule has 196 valence electrons. The normalized spacial score (nSPS) is 20.5. The molecular weight excluding hydrogens is 490 g/mol. The molecule has 3 aromatic heterocycles. The van der Waals surface area contributed by atoms with Crippen LogP contribution in [0.15, 0.2) is 85.6 Å². The number of rotatable bonds is 7. The summed E-state index contributed by atoms with van der Waals surface area (Å²) < 4.78 is 8.94. The predicted octanol–water partition coefficient (Wildman–Crippen LogP) is 4.15. The number of benzene rings is 2. The molecule has 2 aromatic carbocycles. The fraction of sp³-hybridized carbons (Fsp3) is 0.267. The molecule has 7 rings (SSSR count). The monoisotopic (exact) mass is 519 g/mol. The Hall–Kier alpha value is -4.50. The zero-order valence-corrected chi connectivity index (χ0v) is 21.6. The molecule has 2 fully saturated rings. The molecule has 1 N–H and O–H groups in total. The van der Waals surface area contributed by atoms with Crippen LogP contribution in [0.1, 0.15) is 35.2 Å².